The first-order chi connectivity index (χ1) is 11.6. The molecular formula is C19H22N2O3. The van der Waals surface area contributed by atoms with Gasteiger partial charge < -0.3 is 15.4 Å². The summed E-state index contributed by atoms with van der Waals surface area (Å²) in [6.45, 7) is 2.06. The molecule has 5 heteroatoms. The van der Waals surface area contributed by atoms with Crippen LogP contribution in [-0.2, 0) is 9.53 Å². The number of ether oxygens (including phenoxy) is 1. The highest BCUT2D eigenvalue weighted by Gasteiger charge is 2.11. The van der Waals surface area contributed by atoms with Crippen LogP contribution in [0.1, 0.15) is 36.5 Å². The lowest BCUT2D eigenvalue weighted by Gasteiger charge is -2.11. The van der Waals surface area contributed by atoms with Crippen molar-refractivity contribution in [3.63, 3.8) is 0 Å². The number of nitrogens with one attached hydrogen (secondary N) is 2. The van der Waals surface area contributed by atoms with Crippen molar-refractivity contribution in [1.82, 2.24) is 0 Å². The smallest absolute Gasteiger partial charge is 0.339 e. The van der Waals surface area contributed by atoms with Crippen LogP contribution >= 0.6 is 0 Å². The van der Waals surface area contributed by atoms with Crippen molar-refractivity contribution in [2.75, 3.05) is 17.7 Å². The van der Waals surface area contributed by atoms with E-state index in [1.807, 2.05) is 36.4 Å². The molecule has 0 spiro atoms. The third-order valence-corrected chi connectivity index (χ3v) is 3.54. The summed E-state index contributed by atoms with van der Waals surface area (Å²) in [5.74, 6) is -0.369. The Morgan fingerprint density at radius 1 is 1.00 bits per heavy atom. The van der Waals surface area contributed by atoms with E-state index in [2.05, 4.69) is 17.6 Å². The van der Waals surface area contributed by atoms with E-state index in [4.69, 9.17) is 4.74 Å². The Morgan fingerprint density at radius 3 is 2.33 bits per heavy atom. The quantitative estimate of drug-likeness (QED) is 0.743. The summed E-state index contributed by atoms with van der Waals surface area (Å²) in [6, 6.07) is 14.5. The summed E-state index contributed by atoms with van der Waals surface area (Å²) in [5, 5.41) is 6.05. The highest BCUT2D eigenvalue weighted by Crippen LogP contribution is 2.23. The fourth-order valence-corrected chi connectivity index (χ4v) is 2.23. The van der Waals surface area contributed by atoms with E-state index >= 15 is 0 Å². The van der Waals surface area contributed by atoms with E-state index in [-0.39, 0.29) is 5.91 Å². The lowest BCUT2D eigenvalue weighted by Crippen LogP contribution is -2.10. The SMILES string of the molecule is CCCCC(=O)Nc1ccc(Nc2ccccc2C(=O)OC)cc1. The highest BCUT2D eigenvalue weighted by atomic mass is 16.5. The maximum atomic E-state index is 11.8. The van der Waals surface area contributed by atoms with Crippen LogP contribution in [0.4, 0.5) is 17.1 Å². The molecule has 0 heterocycles. The molecule has 0 saturated heterocycles. The van der Waals surface area contributed by atoms with Crippen LogP contribution in [0, 0.1) is 0 Å². The number of rotatable bonds is 7. The van der Waals surface area contributed by atoms with Gasteiger partial charge in [0.15, 0.2) is 0 Å². The molecule has 0 saturated carbocycles. The summed E-state index contributed by atoms with van der Waals surface area (Å²) in [6.07, 6.45) is 2.41. The van der Waals surface area contributed by atoms with Gasteiger partial charge >= 0.3 is 5.97 Å². The van der Waals surface area contributed by atoms with Gasteiger partial charge in [0.05, 0.1) is 18.4 Å². The van der Waals surface area contributed by atoms with Gasteiger partial charge in [0.25, 0.3) is 0 Å². The van der Waals surface area contributed by atoms with Crippen molar-refractivity contribution in [2.24, 2.45) is 0 Å². The van der Waals surface area contributed by atoms with Crippen LogP contribution < -0.4 is 10.6 Å². The van der Waals surface area contributed by atoms with Crippen LogP contribution in [0.25, 0.3) is 0 Å². The predicted octanol–water partition coefficient (Wildman–Crippen LogP) is 4.35. The normalized spacial score (nSPS) is 10.1. The molecule has 0 radical (unpaired) electrons. The molecule has 0 aliphatic rings. The molecule has 0 aliphatic heterocycles. The van der Waals surface area contributed by atoms with E-state index in [9.17, 15) is 9.59 Å². The Balaban J connectivity index is 2.05. The largest absolute Gasteiger partial charge is 0.465 e. The first-order valence-electron chi connectivity index (χ1n) is 7.98. The van der Waals surface area contributed by atoms with Crippen LogP contribution in [0.3, 0.4) is 0 Å². The number of benzene rings is 2. The second-order valence-electron chi connectivity index (χ2n) is 5.39. The van der Waals surface area contributed by atoms with Crippen molar-refractivity contribution < 1.29 is 14.3 Å². The summed E-state index contributed by atoms with van der Waals surface area (Å²) in [7, 11) is 1.36. The maximum absolute atomic E-state index is 11.8. The lowest BCUT2D eigenvalue weighted by atomic mass is 10.1. The number of methoxy groups -OCH3 is 1. The van der Waals surface area contributed by atoms with Gasteiger partial charge in [-0.2, -0.15) is 0 Å². The van der Waals surface area contributed by atoms with Crippen molar-refractivity contribution in [2.45, 2.75) is 26.2 Å². The third kappa shape index (κ3) is 4.84. The van der Waals surface area contributed by atoms with E-state index in [0.717, 1.165) is 24.2 Å². The summed E-state index contributed by atoms with van der Waals surface area (Å²) < 4.78 is 4.78. The number of hydrogen-bond donors (Lipinski definition) is 2. The molecule has 2 N–H and O–H groups in total. The number of anilines is 3. The van der Waals surface area contributed by atoms with Crippen molar-refractivity contribution >= 4 is 28.9 Å². The minimum absolute atomic E-state index is 0.0218. The standard InChI is InChI=1S/C19H22N2O3/c1-3-4-9-18(22)21-15-12-10-14(11-13-15)20-17-8-6-5-7-16(17)19(23)24-2/h5-8,10-13,20H,3-4,9H2,1-2H3,(H,21,22). The zero-order chi connectivity index (χ0) is 17.4. The molecule has 0 atom stereocenters. The molecule has 2 aromatic rings. The van der Waals surface area contributed by atoms with Crippen LogP contribution in [-0.4, -0.2) is 19.0 Å². The Morgan fingerprint density at radius 2 is 1.67 bits per heavy atom. The van der Waals surface area contributed by atoms with Gasteiger partial charge in [0.1, 0.15) is 0 Å². The van der Waals surface area contributed by atoms with Gasteiger partial charge in [-0.05, 0) is 42.8 Å². The third-order valence-electron chi connectivity index (χ3n) is 3.54. The Kier molecular flexibility index (Phi) is 6.37. The van der Waals surface area contributed by atoms with E-state index in [0.29, 0.717) is 17.7 Å². The number of hydrogen-bond acceptors (Lipinski definition) is 4. The first-order valence-corrected chi connectivity index (χ1v) is 7.98. The van der Waals surface area contributed by atoms with Gasteiger partial charge in [-0.15, -0.1) is 0 Å². The molecule has 0 fully saturated rings. The van der Waals surface area contributed by atoms with Gasteiger partial charge in [0.2, 0.25) is 5.91 Å². The van der Waals surface area contributed by atoms with E-state index in [1.165, 1.54) is 7.11 Å². The number of carbonyl (C=O) groups excluding carboxylic acids is 2. The van der Waals surface area contributed by atoms with Gasteiger partial charge in [-0.1, -0.05) is 25.5 Å². The van der Waals surface area contributed by atoms with E-state index in [1.54, 1.807) is 12.1 Å². The zero-order valence-corrected chi connectivity index (χ0v) is 14.0. The fourth-order valence-electron chi connectivity index (χ4n) is 2.23. The zero-order valence-electron chi connectivity index (χ0n) is 14.0. The molecule has 0 bridgehead atoms. The average molecular weight is 326 g/mol. The molecule has 1 amide bonds. The molecule has 2 aromatic carbocycles. The monoisotopic (exact) mass is 326 g/mol. The second kappa shape index (κ2) is 8.72. The molecule has 2 rings (SSSR count). The Hall–Kier alpha value is -2.82. The molecule has 5 nitrogen and oxygen atoms in total. The van der Waals surface area contributed by atoms with Crippen molar-refractivity contribution in [3.8, 4) is 0 Å². The van der Waals surface area contributed by atoms with E-state index < -0.39 is 5.97 Å². The van der Waals surface area contributed by atoms with Crippen molar-refractivity contribution in [1.29, 1.82) is 0 Å². The maximum Gasteiger partial charge on any atom is 0.339 e. The van der Waals surface area contributed by atoms with Gasteiger partial charge in [-0.3, -0.25) is 4.79 Å². The molecule has 126 valence electrons. The summed E-state index contributed by atoms with van der Waals surface area (Å²) in [5.41, 5.74) is 2.71. The molecule has 0 aromatic heterocycles. The average Bonchev–Trinajstić information content (AvgIpc) is 2.61. The minimum atomic E-state index is -0.391. The van der Waals surface area contributed by atoms with Crippen molar-refractivity contribution in [3.05, 3.63) is 54.1 Å². The number of carbonyl (C=O) groups is 2. The topological polar surface area (TPSA) is 67.4 Å². The summed E-state index contributed by atoms with van der Waals surface area (Å²) >= 11 is 0. The number of amides is 1. The highest BCUT2D eigenvalue weighted by molar-refractivity contribution is 5.96. The molecule has 24 heavy (non-hydrogen) atoms. The van der Waals surface area contributed by atoms with Gasteiger partial charge in [-0.25, -0.2) is 4.79 Å². The molecule has 0 unspecified atom stereocenters. The van der Waals surface area contributed by atoms with Gasteiger partial charge in [0, 0.05) is 17.8 Å². The number of esters is 1. The second-order valence-corrected chi connectivity index (χ2v) is 5.39. The minimum Gasteiger partial charge on any atom is -0.465 e. The number of para-hydroxylation sites is 1. The predicted molar refractivity (Wildman–Crippen MR) is 95.7 cm³/mol. The summed E-state index contributed by atoms with van der Waals surface area (Å²) in [4.78, 5) is 23.5. The number of unbranched alkanes of at least 4 members (excludes halogenated alkanes) is 1. The molecule has 0 aliphatic carbocycles. The first kappa shape index (κ1) is 17.5. The Bertz CT molecular complexity index is 696. The lowest BCUT2D eigenvalue weighted by molar-refractivity contribution is -0.116. The van der Waals surface area contributed by atoms with Crippen LogP contribution in [0.2, 0.25) is 0 Å². The van der Waals surface area contributed by atoms with Crippen LogP contribution in [0.15, 0.2) is 48.5 Å². The Labute approximate surface area is 142 Å². The van der Waals surface area contributed by atoms with Crippen LogP contribution in [0.5, 0.6) is 0 Å². The fraction of sp³-hybridized carbons (Fsp3) is 0.263. The molecular weight excluding hydrogens is 304 g/mol.